The zero-order valence-corrected chi connectivity index (χ0v) is 7.25. The van der Waals surface area contributed by atoms with Gasteiger partial charge in [0.1, 0.15) is 6.10 Å². The van der Waals surface area contributed by atoms with Crippen molar-refractivity contribution in [2.45, 2.75) is 32.3 Å². The van der Waals surface area contributed by atoms with Gasteiger partial charge in [-0.05, 0) is 12.5 Å². The van der Waals surface area contributed by atoms with Crippen molar-refractivity contribution in [2.75, 3.05) is 6.61 Å². The average Bonchev–Trinajstić information content (AvgIpc) is 2.34. The van der Waals surface area contributed by atoms with Crippen LogP contribution in [0.25, 0.3) is 0 Å². The molecule has 1 atom stereocenters. The topological polar surface area (TPSA) is 46.5 Å². The second-order valence-corrected chi connectivity index (χ2v) is 2.90. The Morgan fingerprint density at radius 2 is 2.42 bits per heavy atom. The summed E-state index contributed by atoms with van der Waals surface area (Å²) in [5.74, 6) is -0.213. The number of carbonyl (C=O) groups is 1. The highest BCUT2D eigenvalue weighted by Crippen LogP contribution is 2.19. The van der Waals surface area contributed by atoms with E-state index in [4.69, 9.17) is 9.84 Å². The van der Waals surface area contributed by atoms with Gasteiger partial charge in [-0.25, -0.2) is 4.79 Å². The summed E-state index contributed by atoms with van der Waals surface area (Å²) in [6.07, 6.45) is 3.87. The lowest BCUT2D eigenvalue weighted by atomic mass is 10.1. The van der Waals surface area contributed by atoms with Crippen LogP contribution in [-0.2, 0) is 9.53 Å². The van der Waals surface area contributed by atoms with Crippen molar-refractivity contribution in [3.8, 4) is 0 Å². The first kappa shape index (κ1) is 9.26. The fourth-order valence-corrected chi connectivity index (χ4v) is 1.26. The number of cyclic esters (lactones) is 1. The molecule has 0 bridgehead atoms. The smallest absolute Gasteiger partial charge is 0.334 e. The Kier molecular flexibility index (Phi) is 3.29. The lowest BCUT2D eigenvalue weighted by Crippen LogP contribution is -2.09. The number of aliphatic hydroxyl groups is 1. The van der Waals surface area contributed by atoms with Crippen LogP contribution in [0.15, 0.2) is 11.6 Å². The molecule has 0 aliphatic carbocycles. The lowest BCUT2D eigenvalue weighted by molar-refractivity contribution is -0.140. The predicted molar refractivity (Wildman–Crippen MR) is 44.6 cm³/mol. The molecule has 0 unspecified atom stereocenters. The van der Waals surface area contributed by atoms with Crippen LogP contribution in [0.5, 0.6) is 0 Å². The molecule has 0 aromatic heterocycles. The van der Waals surface area contributed by atoms with Gasteiger partial charge in [0, 0.05) is 18.6 Å². The fourth-order valence-electron chi connectivity index (χ4n) is 1.26. The van der Waals surface area contributed by atoms with Crippen molar-refractivity contribution >= 4 is 5.97 Å². The normalized spacial score (nSPS) is 22.3. The first-order chi connectivity index (χ1) is 5.77. The van der Waals surface area contributed by atoms with Crippen molar-refractivity contribution in [1.29, 1.82) is 0 Å². The Labute approximate surface area is 72.0 Å². The van der Waals surface area contributed by atoms with Crippen molar-refractivity contribution in [3.63, 3.8) is 0 Å². The molecule has 1 heterocycles. The quantitative estimate of drug-likeness (QED) is 0.641. The van der Waals surface area contributed by atoms with E-state index in [0.717, 1.165) is 18.4 Å². The second-order valence-electron chi connectivity index (χ2n) is 2.90. The summed E-state index contributed by atoms with van der Waals surface area (Å²) < 4.78 is 4.98. The van der Waals surface area contributed by atoms with Crippen molar-refractivity contribution in [2.24, 2.45) is 0 Å². The standard InChI is InChI=1S/C9H14O3/c1-2-3-7-6-8(4-5-10)12-9(7)11/h6,8,10H,2-5H2,1H3/t8-/m0/s1. The minimum absolute atomic E-state index is 0.0633. The highest BCUT2D eigenvalue weighted by Gasteiger charge is 2.23. The summed E-state index contributed by atoms with van der Waals surface area (Å²) >= 11 is 0. The summed E-state index contributed by atoms with van der Waals surface area (Å²) in [5, 5.41) is 8.61. The van der Waals surface area contributed by atoms with Gasteiger partial charge < -0.3 is 9.84 Å². The van der Waals surface area contributed by atoms with E-state index in [1.807, 2.05) is 13.0 Å². The Balaban J connectivity index is 2.49. The van der Waals surface area contributed by atoms with Gasteiger partial charge in [-0.2, -0.15) is 0 Å². The number of carbonyl (C=O) groups excluding carboxylic acids is 1. The Hall–Kier alpha value is -0.830. The van der Waals surface area contributed by atoms with Crippen molar-refractivity contribution in [1.82, 2.24) is 0 Å². The predicted octanol–water partition coefficient (Wildman–Crippen LogP) is 1.02. The molecule has 1 aliphatic rings. The highest BCUT2D eigenvalue weighted by molar-refractivity contribution is 5.90. The van der Waals surface area contributed by atoms with Gasteiger partial charge in [0.25, 0.3) is 0 Å². The fraction of sp³-hybridized carbons (Fsp3) is 0.667. The van der Waals surface area contributed by atoms with Crippen LogP contribution < -0.4 is 0 Å². The number of hydrogen-bond donors (Lipinski definition) is 1. The summed E-state index contributed by atoms with van der Waals surface area (Å²) in [4.78, 5) is 11.1. The molecule has 68 valence electrons. The molecule has 12 heavy (non-hydrogen) atoms. The van der Waals surface area contributed by atoms with E-state index < -0.39 is 0 Å². The molecule has 3 heteroatoms. The molecule has 1 aliphatic heterocycles. The van der Waals surface area contributed by atoms with Gasteiger partial charge in [-0.1, -0.05) is 13.3 Å². The molecule has 0 amide bonds. The molecular formula is C9H14O3. The van der Waals surface area contributed by atoms with Crippen LogP contribution in [0.4, 0.5) is 0 Å². The van der Waals surface area contributed by atoms with Gasteiger partial charge in [0.15, 0.2) is 0 Å². The van der Waals surface area contributed by atoms with Gasteiger partial charge in [-0.3, -0.25) is 0 Å². The lowest BCUT2D eigenvalue weighted by Gasteiger charge is -2.03. The zero-order chi connectivity index (χ0) is 8.97. The van der Waals surface area contributed by atoms with E-state index in [2.05, 4.69) is 0 Å². The maximum absolute atomic E-state index is 11.1. The van der Waals surface area contributed by atoms with E-state index in [0.29, 0.717) is 6.42 Å². The van der Waals surface area contributed by atoms with E-state index in [1.165, 1.54) is 0 Å². The summed E-state index contributed by atoms with van der Waals surface area (Å²) in [5.41, 5.74) is 0.760. The van der Waals surface area contributed by atoms with Gasteiger partial charge in [-0.15, -0.1) is 0 Å². The molecule has 0 radical (unpaired) electrons. The third-order valence-corrected chi connectivity index (χ3v) is 1.84. The third kappa shape index (κ3) is 2.08. The molecule has 3 nitrogen and oxygen atoms in total. The van der Waals surface area contributed by atoms with Crippen LogP contribution in [0.1, 0.15) is 26.2 Å². The summed E-state index contributed by atoms with van der Waals surface area (Å²) in [6, 6.07) is 0. The maximum atomic E-state index is 11.1. The minimum Gasteiger partial charge on any atom is -0.455 e. The van der Waals surface area contributed by atoms with Gasteiger partial charge in [0.05, 0.1) is 0 Å². The van der Waals surface area contributed by atoms with Gasteiger partial charge in [0.2, 0.25) is 0 Å². The summed E-state index contributed by atoms with van der Waals surface area (Å²) in [7, 11) is 0. The largest absolute Gasteiger partial charge is 0.455 e. The monoisotopic (exact) mass is 170 g/mol. The van der Waals surface area contributed by atoms with E-state index >= 15 is 0 Å². The number of rotatable bonds is 4. The molecule has 1 rings (SSSR count). The van der Waals surface area contributed by atoms with Crippen molar-refractivity contribution in [3.05, 3.63) is 11.6 Å². The SMILES string of the molecule is CCCC1=C[C@H](CCO)OC1=O. The van der Waals surface area contributed by atoms with E-state index in [1.54, 1.807) is 0 Å². The Bertz CT molecular complexity index is 196. The van der Waals surface area contributed by atoms with Crippen LogP contribution in [0.2, 0.25) is 0 Å². The second kappa shape index (κ2) is 4.26. The van der Waals surface area contributed by atoms with E-state index in [9.17, 15) is 4.79 Å². The van der Waals surface area contributed by atoms with Gasteiger partial charge >= 0.3 is 5.97 Å². The highest BCUT2D eigenvalue weighted by atomic mass is 16.5. The van der Waals surface area contributed by atoms with Crippen LogP contribution in [-0.4, -0.2) is 23.8 Å². The minimum atomic E-state index is -0.213. The maximum Gasteiger partial charge on any atom is 0.334 e. The first-order valence-electron chi connectivity index (χ1n) is 4.30. The molecule has 0 aromatic carbocycles. The Morgan fingerprint density at radius 1 is 1.67 bits per heavy atom. The molecule has 0 spiro atoms. The third-order valence-electron chi connectivity index (χ3n) is 1.84. The molecule has 0 fully saturated rings. The molecule has 1 N–H and O–H groups in total. The number of esters is 1. The number of ether oxygens (including phenoxy) is 1. The number of hydrogen-bond acceptors (Lipinski definition) is 3. The number of aliphatic hydroxyl groups excluding tert-OH is 1. The van der Waals surface area contributed by atoms with Crippen molar-refractivity contribution < 1.29 is 14.6 Å². The molecule has 0 saturated carbocycles. The summed E-state index contributed by atoms with van der Waals surface area (Å²) in [6.45, 7) is 2.08. The average molecular weight is 170 g/mol. The Morgan fingerprint density at radius 3 is 3.00 bits per heavy atom. The molecule has 0 saturated heterocycles. The van der Waals surface area contributed by atoms with Crippen LogP contribution in [0, 0.1) is 0 Å². The van der Waals surface area contributed by atoms with Crippen LogP contribution >= 0.6 is 0 Å². The zero-order valence-electron chi connectivity index (χ0n) is 7.25. The molecular weight excluding hydrogens is 156 g/mol. The van der Waals surface area contributed by atoms with E-state index in [-0.39, 0.29) is 18.7 Å². The van der Waals surface area contributed by atoms with Crippen LogP contribution in [0.3, 0.4) is 0 Å². The molecule has 0 aromatic rings. The first-order valence-corrected chi connectivity index (χ1v) is 4.30.